The summed E-state index contributed by atoms with van der Waals surface area (Å²) in [6.45, 7) is 6.08. The zero-order valence-corrected chi connectivity index (χ0v) is 12.7. The molecule has 2 aromatic rings. The molecule has 4 heteroatoms. The number of furan rings is 1. The Balaban J connectivity index is 2.38. The minimum Gasteiger partial charge on any atom is -0.466 e. The van der Waals surface area contributed by atoms with Crippen molar-refractivity contribution in [3.05, 3.63) is 57.5 Å². The van der Waals surface area contributed by atoms with E-state index >= 15 is 0 Å². The summed E-state index contributed by atoms with van der Waals surface area (Å²) in [6.07, 6.45) is -0.682. The molecule has 2 rings (SSSR count). The molecule has 20 heavy (non-hydrogen) atoms. The summed E-state index contributed by atoms with van der Waals surface area (Å²) in [4.78, 5) is 0. The molecule has 0 radical (unpaired) electrons. The second-order valence-corrected chi connectivity index (χ2v) is 5.53. The van der Waals surface area contributed by atoms with Crippen molar-refractivity contribution in [3.8, 4) is 0 Å². The van der Waals surface area contributed by atoms with Crippen LogP contribution in [0.15, 0.2) is 28.7 Å². The molecule has 2 unspecified atom stereocenters. The van der Waals surface area contributed by atoms with Crippen LogP contribution in [0, 0.1) is 20.8 Å². The summed E-state index contributed by atoms with van der Waals surface area (Å²) >= 11 is 5.90. The minimum atomic E-state index is -0.682. The Morgan fingerprint density at radius 1 is 1.15 bits per heavy atom. The van der Waals surface area contributed by atoms with Gasteiger partial charge in [-0.1, -0.05) is 23.7 Å². The number of aliphatic hydroxyl groups is 1. The number of rotatable bonds is 4. The van der Waals surface area contributed by atoms with Crippen molar-refractivity contribution in [1.82, 2.24) is 0 Å². The van der Waals surface area contributed by atoms with E-state index in [-0.39, 0.29) is 5.92 Å². The van der Waals surface area contributed by atoms with E-state index in [1.54, 1.807) is 0 Å². The monoisotopic (exact) mass is 293 g/mol. The van der Waals surface area contributed by atoms with Crippen LogP contribution in [-0.2, 0) is 0 Å². The van der Waals surface area contributed by atoms with Gasteiger partial charge in [-0.3, -0.25) is 0 Å². The van der Waals surface area contributed by atoms with Crippen LogP contribution in [0.5, 0.6) is 0 Å². The van der Waals surface area contributed by atoms with Crippen LogP contribution < -0.4 is 5.73 Å². The van der Waals surface area contributed by atoms with E-state index in [9.17, 15) is 5.11 Å². The summed E-state index contributed by atoms with van der Waals surface area (Å²) in [6, 6.07) is 7.43. The fourth-order valence-electron chi connectivity index (χ4n) is 2.60. The molecule has 0 saturated heterocycles. The van der Waals surface area contributed by atoms with Gasteiger partial charge in [-0.25, -0.2) is 0 Å². The molecule has 0 spiro atoms. The molecule has 3 N–H and O–H groups in total. The first-order valence-electron chi connectivity index (χ1n) is 6.65. The lowest BCUT2D eigenvalue weighted by Gasteiger charge is -2.22. The highest BCUT2D eigenvalue weighted by molar-refractivity contribution is 6.30. The number of hydrogen-bond acceptors (Lipinski definition) is 3. The molecule has 0 saturated carbocycles. The van der Waals surface area contributed by atoms with Crippen molar-refractivity contribution >= 4 is 11.6 Å². The Kier molecular flexibility index (Phi) is 4.53. The van der Waals surface area contributed by atoms with Gasteiger partial charge in [0.1, 0.15) is 11.5 Å². The molecule has 0 bridgehead atoms. The summed E-state index contributed by atoms with van der Waals surface area (Å²) in [5.74, 6) is 1.41. The number of hydrogen-bond donors (Lipinski definition) is 2. The van der Waals surface area contributed by atoms with Gasteiger partial charge in [0.05, 0.1) is 6.10 Å². The number of benzene rings is 1. The molecular formula is C16H20ClNO2. The molecular weight excluding hydrogens is 274 g/mol. The van der Waals surface area contributed by atoms with Gasteiger partial charge < -0.3 is 15.3 Å². The number of halogens is 1. The third-order valence-corrected chi connectivity index (χ3v) is 4.10. The normalized spacial score (nSPS) is 14.3. The first-order chi connectivity index (χ1) is 9.45. The third-order valence-electron chi connectivity index (χ3n) is 3.85. The lowest BCUT2D eigenvalue weighted by atomic mass is 9.87. The lowest BCUT2D eigenvalue weighted by molar-refractivity contribution is 0.145. The fourth-order valence-corrected chi connectivity index (χ4v) is 2.73. The van der Waals surface area contributed by atoms with Crippen LogP contribution in [-0.4, -0.2) is 11.7 Å². The average molecular weight is 294 g/mol. The summed E-state index contributed by atoms with van der Waals surface area (Å²) in [5, 5.41) is 11.4. The largest absolute Gasteiger partial charge is 0.466 e. The van der Waals surface area contributed by atoms with Crippen molar-refractivity contribution in [2.75, 3.05) is 6.54 Å². The van der Waals surface area contributed by atoms with E-state index in [4.69, 9.17) is 21.8 Å². The molecule has 0 aliphatic heterocycles. The second-order valence-electron chi connectivity index (χ2n) is 5.09. The van der Waals surface area contributed by atoms with Crippen LogP contribution >= 0.6 is 11.6 Å². The lowest BCUT2D eigenvalue weighted by Crippen LogP contribution is -2.20. The van der Waals surface area contributed by atoms with Crippen molar-refractivity contribution in [2.24, 2.45) is 5.73 Å². The Hall–Kier alpha value is -1.29. The smallest absolute Gasteiger partial charge is 0.107 e. The maximum Gasteiger partial charge on any atom is 0.107 e. The molecule has 108 valence electrons. The summed E-state index contributed by atoms with van der Waals surface area (Å²) < 4.78 is 5.59. The first kappa shape index (κ1) is 15.1. The average Bonchev–Trinajstić information content (AvgIpc) is 2.66. The molecule has 0 aliphatic rings. The van der Waals surface area contributed by atoms with Gasteiger partial charge in [-0.05, 0) is 44.0 Å². The molecule has 1 aromatic carbocycles. The van der Waals surface area contributed by atoms with Crippen LogP contribution in [0.2, 0.25) is 5.02 Å². The van der Waals surface area contributed by atoms with Gasteiger partial charge in [0, 0.05) is 23.0 Å². The first-order valence-corrected chi connectivity index (χ1v) is 7.03. The van der Waals surface area contributed by atoms with E-state index < -0.39 is 6.10 Å². The molecule has 0 fully saturated rings. The third kappa shape index (κ3) is 2.75. The summed E-state index contributed by atoms with van der Waals surface area (Å²) in [7, 11) is 0. The quantitative estimate of drug-likeness (QED) is 0.905. The Bertz CT molecular complexity index is 589. The Labute approximate surface area is 124 Å². The van der Waals surface area contributed by atoms with E-state index in [0.717, 1.165) is 28.2 Å². The SMILES string of the molecule is Cc1oc(C)c(C(O)C(CN)c2ccc(Cl)cc2)c1C. The molecule has 3 nitrogen and oxygen atoms in total. The molecule has 2 atom stereocenters. The van der Waals surface area contributed by atoms with Crippen LogP contribution in [0.25, 0.3) is 0 Å². The van der Waals surface area contributed by atoms with Crippen molar-refractivity contribution in [3.63, 3.8) is 0 Å². The maximum atomic E-state index is 10.7. The number of nitrogens with two attached hydrogens (primary N) is 1. The fraction of sp³-hybridized carbons (Fsp3) is 0.375. The van der Waals surface area contributed by atoms with Crippen molar-refractivity contribution < 1.29 is 9.52 Å². The Morgan fingerprint density at radius 2 is 1.75 bits per heavy atom. The highest BCUT2D eigenvalue weighted by Crippen LogP contribution is 2.36. The number of aliphatic hydroxyl groups excluding tert-OH is 1. The standard InChI is InChI=1S/C16H20ClNO2/c1-9-10(2)20-11(3)15(9)16(19)14(8-18)12-4-6-13(17)7-5-12/h4-7,14,16,19H,8,18H2,1-3H3. The van der Waals surface area contributed by atoms with Crippen LogP contribution in [0.1, 0.15) is 40.2 Å². The second kappa shape index (κ2) is 6.00. The minimum absolute atomic E-state index is 0.179. The van der Waals surface area contributed by atoms with Crippen LogP contribution in [0.4, 0.5) is 0 Å². The topological polar surface area (TPSA) is 59.4 Å². The van der Waals surface area contributed by atoms with Crippen LogP contribution in [0.3, 0.4) is 0 Å². The molecule has 1 heterocycles. The van der Waals surface area contributed by atoms with Gasteiger partial charge in [0.25, 0.3) is 0 Å². The van der Waals surface area contributed by atoms with E-state index in [2.05, 4.69) is 0 Å². The van der Waals surface area contributed by atoms with Crippen molar-refractivity contribution in [2.45, 2.75) is 32.8 Å². The molecule has 1 aromatic heterocycles. The predicted octanol–water partition coefficient (Wildman–Crippen LogP) is 3.63. The predicted molar refractivity (Wildman–Crippen MR) is 81.1 cm³/mol. The molecule has 0 aliphatic carbocycles. The Morgan fingerprint density at radius 3 is 2.20 bits per heavy atom. The van der Waals surface area contributed by atoms with Gasteiger partial charge in [-0.15, -0.1) is 0 Å². The van der Waals surface area contributed by atoms with Gasteiger partial charge >= 0.3 is 0 Å². The highest BCUT2D eigenvalue weighted by atomic mass is 35.5. The van der Waals surface area contributed by atoms with Gasteiger partial charge in [0.15, 0.2) is 0 Å². The van der Waals surface area contributed by atoms with Gasteiger partial charge in [0.2, 0.25) is 0 Å². The van der Waals surface area contributed by atoms with Crippen molar-refractivity contribution in [1.29, 1.82) is 0 Å². The maximum absolute atomic E-state index is 10.7. The summed E-state index contributed by atoms with van der Waals surface area (Å²) in [5.41, 5.74) is 8.67. The van der Waals surface area contributed by atoms with E-state index in [0.29, 0.717) is 11.6 Å². The zero-order chi connectivity index (χ0) is 14.9. The zero-order valence-electron chi connectivity index (χ0n) is 12.0. The van der Waals surface area contributed by atoms with E-state index in [1.807, 2.05) is 45.0 Å². The number of aryl methyl sites for hydroxylation is 2. The van der Waals surface area contributed by atoms with E-state index in [1.165, 1.54) is 0 Å². The highest BCUT2D eigenvalue weighted by Gasteiger charge is 2.27. The van der Waals surface area contributed by atoms with Gasteiger partial charge in [-0.2, -0.15) is 0 Å². The molecule has 0 amide bonds.